The summed E-state index contributed by atoms with van der Waals surface area (Å²) in [5, 5.41) is 2.82. The number of piperidine rings is 1. The van der Waals surface area contributed by atoms with Crippen LogP contribution in [0.4, 0.5) is 0 Å². The lowest BCUT2D eigenvalue weighted by molar-refractivity contribution is -0.136. The summed E-state index contributed by atoms with van der Waals surface area (Å²) in [6.07, 6.45) is 8.74. The number of nitrogens with one attached hydrogen (secondary N) is 2. The van der Waals surface area contributed by atoms with Crippen LogP contribution in [0.25, 0.3) is 5.57 Å². The predicted octanol–water partition coefficient (Wildman–Crippen LogP) is 4.47. The number of aryl methyl sites for hydroxylation is 1. The van der Waals surface area contributed by atoms with Crippen molar-refractivity contribution in [2.75, 3.05) is 26.2 Å². The lowest BCUT2D eigenvalue weighted by Gasteiger charge is -2.42. The van der Waals surface area contributed by atoms with Gasteiger partial charge in [0.1, 0.15) is 0 Å². The summed E-state index contributed by atoms with van der Waals surface area (Å²) in [6.45, 7) is 5.96. The van der Waals surface area contributed by atoms with Crippen molar-refractivity contribution in [3.63, 3.8) is 0 Å². The number of benzene rings is 2. The van der Waals surface area contributed by atoms with Crippen LogP contribution >= 0.6 is 0 Å². The number of rotatable bonds is 10. The van der Waals surface area contributed by atoms with E-state index < -0.39 is 0 Å². The van der Waals surface area contributed by atoms with E-state index in [2.05, 4.69) is 28.7 Å². The van der Waals surface area contributed by atoms with Crippen LogP contribution in [0, 0.1) is 6.92 Å². The summed E-state index contributed by atoms with van der Waals surface area (Å²) in [6, 6.07) is 17.6. The van der Waals surface area contributed by atoms with Gasteiger partial charge in [-0.25, -0.2) is 0 Å². The van der Waals surface area contributed by atoms with Gasteiger partial charge in [-0.1, -0.05) is 59.5 Å². The van der Waals surface area contributed by atoms with E-state index in [0.29, 0.717) is 56.6 Å². The van der Waals surface area contributed by atoms with Gasteiger partial charge in [0, 0.05) is 50.2 Å². The van der Waals surface area contributed by atoms with Crippen molar-refractivity contribution < 1.29 is 14.4 Å². The fourth-order valence-electron chi connectivity index (χ4n) is 5.90. The number of nitrogens with two attached hydrogens (primary N) is 1. The smallest absolute Gasteiger partial charge is 0.260 e. The number of H-pyrrole nitrogens is 1. The molecular weight excluding hydrogens is 550 g/mol. The molecule has 1 aliphatic carbocycles. The maximum absolute atomic E-state index is 14.1. The lowest BCUT2D eigenvalue weighted by Crippen LogP contribution is -2.50. The van der Waals surface area contributed by atoms with Crippen LogP contribution in [-0.2, 0) is 16.0 Å². The van der Waals surface area contributed by atoms with Crippen LogP contribution in [0.2, 0.25) is 0 Å². The molecule has 0 radical (unpaired) electrons. The molecule has 8 heteroatoms. The van der Waals surface area contributed by atoms with E-state index >= 15 is 0 Å². The van der Waals surface area contributed by atoms with E-state index in [-0.39, 0.29) is 29.8 Å². The summed E-state index contributed by atoms with van der Waals surface area (Å²) in [5.41, 5.74) is 17.2. The minimum Gasteiger partial charge on any atom is -0.367 e. The van der Waals surface area contributed by atoms with Gasteiger partial charge >= 0.3 is 0 Å². The van der Waals surface area contributed by atoms with Crippen molar-refractivity contribution in [1.29, 1.82) is 0 Å². The average Bonchev–Trinajstić information content (AvgIpc) is 3.60. The van der Waals surface area contributed by atoms with Crippen molar-refractivity contribution in [2.24, 2.45) is 5.73 Å². The number of aromatic amines is 1. The van der Waals surface area contributed by atoms with Crippen LogP contribution in [0.5, 0.6) is 0 Å². The number of hydrogen-bond donors (Lipinski definition) is 3. The highest BCUT2D eigenvalue weighted by Gasteiger charge is 2.33. The minimum atomic E-state index is -0.253. The first kappa shape index (κ1) is 30.6. The maximum atomic E-state index is 14.1. The Morgan fingerprint density at radius 2 is 1.89 bits per heavy atom. The van der Waals surface area contributed by atoms with Gasteiger partial charge in [-0.15, -0.1) is 0 Å². The van der Waals surface area contributed by atoms with Gasteiger partial charge in [-0.2, -0.15) is 0 Å². The highest BCUT2D eigenvalue weighted by atomic mass is 16.2. The Hall–Kier alpha value is -4.87. The van der Waals surface area contributed by atoms with E-state index in [1.165, 1.54) is 0 Å². The zero-order valence-electron chi connectivity index (χ0n) is 25.3. The molecule has 5 rings (SSSR count). The van der Waals surface area contributed by atoms with E-state index in [4.69, 9.17) is 5.73 Å². The van der Waals surface area contributed by atoms with Crippen molar-refractivity contribution in [3.8, 4) is 0 Å². The van der Waals surface area contributed by atoms with Gasteiger partial charge in [-0.05, 0) is 67.7 Å². The predicted molar refractivity (Wildman–Crippen MR) is 171 cm³/mol. The van der Waals surface area contributed by atoms with E-state index in [1.807, 2.05) is 71.3 Å². The Bertz CT molecular complexity index is 1630. The summed E-state index contributed by atoms with van der Waals surface area (Å²) < 4.78 is 0. The zero-order valence-corrected chi connectivity index (χ0v) is 25.3. The number of hydrogen-bond acceptors (Lipinski definition) is 4. The lowest BCUT2D eigenvalue weighted by atomic mass is 9.92. The second-order valence-electron chi connectivity index (χ2n) is 11.3. The van der Waals surface area contributed by atoms with Crippen LogP contribution in [0.1, 0.15) is 58.4 Å². The molecule has 3 amide bonds. The van der Waals surface area contributed by atoms with Gasteiger partial charge in [0.15, 0.2) is 0 Å². The molecule has 8 nitrogen and oxygen atoms in total. The maximum Gasteiger partial charge on any atom is 0.260 e. The molecule has 0 spiro atoms. The number of likely N-dealkylation sites (tertiary alicyclic amines) is 1. The van der Waals surface area contributed by atoms with Crippen LogP contribution < -0.4 is 11.1 Å². The number of allylic oxidation sites excluding steroid dienone is 2. The third kappa shape index (κ3) is 7.01. The molecule has 2 aromatic carbocycles. The molecule has 1 aromatic heterocycles. The molecule has 1 atom stereocenters. The molecule has 3 aromatic rings. The molecule has 2 aliphatic rings. The molecule has 44 heavy (non-hydrogen) atoms. The Morgan fingerprint density at radius 1 is 1.11 bits per heavy atom. The molecule has 1 fully saturated rings. The molecule has 1 saturated heterocycles. The number of aromatic nitrogens is 1. The average molecular weight is 590 g/mol. The second-order valence-corrected chi connectivity index (χ2v) is 11.3. The standard InChI is InChI=1S/C36H39N5O3/c1-25-10-12-27(13-11-25)22-34(42)41(31-15-20-40(21-16-31)36(44)30-14-18-38-24-30)26(2)28-6-5-7-29(23-28)32-8-3-4-9-33(32)35(43)39-19-17-37/h3,5-8,10-14,18,23-24,26,31,38H,15-17,19-22,37H2,1-2H3,(H,39,43). The minimum absolute atomic E-state index is 0.00574. The van der Waals surface area contributed by atoms with E-state index in [1.54, 1.807) is 24.5 Å². The first-order chi connectivity index (χ1) is 21.4. The Balaban J connectivity index is 1.40. The third-order valence-electron chi connectivity index (χ3n) is 8.31. The molecular formula is C36H39N5O3. The topological polar surface area (TPSA) is 112 Å². The molecule has 0 saturated carbocycles. The highest BCUT2D eigenvalue weighted by Crippen LogP contribution is 2.32. The number of carbonyl (C=O) groups is 3. The van der Waals surface area contributed by atoms with Gasteiger partial charge < -0.3 is 25.8 Å². The van der Waals surface area contributed by atoms with Crippen molar-refractivity contribution in [2.45, 2.75) is 45.2 Å². The van der Waals surface area contributed by atoms with E-state index in [9.17, 15) is 14.4 Å². The highest BCUT2D eigenvalue weighted by molar-refractivity contribution is 6.09. The molecule has 1 unspecified atom stereocenters. The summed E-state index contributed by atoms with van der Waals surface area (Å²) in [4.78, 5) is 46.8. The normalized spacial score (nSPS) is 15.4. The van der Waals surface area contributed by atoms with Crippen molar-refractivity contribution >= 4 is 23.3 Å². The number of amides is 3. The van der Waals surface area contributed by atoms with Gasteiger partial charge in [0.2, 0.25) is 5.91 Å². The molecule has 1 aliphatic heterocycles. The van der Waals surface area contributed by atoms with Gasteiger partial charge in [0.25, 0.3) is 11.8 Å². The SMILES string of the molecule is Cc1ccc(CC(=O)N(C2CCN(C(=O)c3cc[nH]c3)CC2)C(C)c2cccc(C3=CC=C=C=C3C(=O)NCCN)c2)cc1. The van der Waals surface area contributed by atoms with Crippen molar-refractivity contribution in [1.82, 2.24) is 20.1 Å². The number of nitrogens with zero attached hydrogens (tertiary/aromatic N) is 2. The fourth-order valence-corrected chi connectivity index (χ4v) is 5.90. The zero-order chi connectivity index (χ0) is 31.1. The first-order valence-corrected chi connectivity index (χ1v) is 15.2. The van der Waals surface area contributed by atoms with Gasteiger partial charge in [-0.3, -0.25) is 14.4 Å². The summed E-state index contributed by atoms with van der Waals surface area (Å²) in [7, 11) is 0. The van der Waals surface area contributed by atoms with Crippen LogP contribution in [-0.4, -0.2) is 64.7 Å². The second kappa shape index (κ2) is 14.1. The first-order valence-electron chi connectivity index (χ1n) is 15.2. The summed E-state index contributed by atoms with van der Waals surface area (Å²) in [5.74, 6) is -0.200. The summed E-state index contributed by atoms with van der Waals surface area (Å²) >= 11 is 0. The molecule has 4 N–H and O–H groups in total. The quantitative estimate of drug-likeness (QED) is 0.303. The van der Waals surface area contributed by atoms with Crippen LogP contribution in [0.15, 0.2) is 96.2 Å². The van der Waals surface area contributed by atoms with Gasteiger partial charge in [0.05, 0.1) is 23.6 Å². The monoisotopic (exact) mass is 589 g/mol. The van der Waals surface area contributed by atoms with Crippen molar-refractivity contribution in [3.05, 3.63) is 124 Å². The Kier molecular flexibility index (Phi) is 9.78. The van der Waals surface area contributed by atoms with Crippen LogP contribution in [0.3, 0.4) is 0 Å². The fraction of sp³-hybridized carbons (Fsp3) is 0.306. The van der Waals surface area contributed by atoms with E-state index in [0.717, 1.165) is 27.8 Å². The Labute approximate surface area is 258 Å². The number of carbonyl (C=O) groups excluding carboxylic acids is 3. The Morgan fingerprint density at radius 3 is 2.59 bits per heavy atom. The molecule has 2 heterocycles. The molecule has 0 bridgehead atoms. The molecule has 226 valence electrons. The third-order valence-corrected chi connectivity index (χ3v) is 8.31. The largest absolute Gasteiger partial charge is 0.367 e.